The van der Waals surface area contributed by atoms with Gasteiger partial charge in [-0.2, -0.15) is 0 Å². The number of anilines is 1. The van der Waals surface area contributed by atoms with E-state index in [2.05, 4.69) is 22.2 Å². The average molecular weight is 209 g/mol. The summed E-state index contributed by atoms with van der Waals surface area (Å²) in [5.74, 6) is 0.894. The average Bonchev–Trinajstić information content (AvgIpc) is 2.29. The summed E-state index contributed by atoms with van der Waals surface area (Å²) in [5, 5.41) is 11.9. The van der Waals surface area contributed by atoms with E-state index in [0.717, 1.165) is 43.7 Å². The fourth-order valence-corrected chi connectivity index (χ4v) is 1.32. The molecule has 0 aliphatic carbocycles. The lowest BCUT2D eigenvalue weighted by molar-refractivity contribution is 0.283. The number of rotatable bonds is 7. The normalized spacial score (nSPS) is 10.3. The summed E-state index contributed by atoms with van der Waals surface area (Å²) in [7, 11) is 0. The first-order valence-corrected chi connectivity index (χ1v) is 5.52. The van der Waals surface area contributed by atoms with Gasteiger partial charge in [0.2, 0.25) is 0 Å². The predicted molar refractivity (Wildman–Crippen MR) is 60.8 cm³/mol. The maximum Gasteiger partial charge on any atom is 0.129 e. The van der Waals surface area contributed by atoms with Crippen molar-refractivity contribution in [3.05, 3.63) is 18.1 Å². The Bertz CT molecular complexity index is 278. The SMILES string of the molecule is CCc1cc(NCCCCCO)ncn1. The zero-order valence-electron chi connectivity index (χ0n) is 9.24. The van der Waals surface area contributed by atoms with Crippen LogP contribution >= 0.6 is 0 Å². The molecule has 2 N–H and O–H groups in total. The minimum Gasteiger partial charge on any atom is -0.396 e. The molecule has 0 atom stereocenters. The van der Waals surface area contributed by atoms with E-state index in [1.165, 1.54) is 0 Å². The van der Waals surface area contributed by atoms with Crippen LogP contribution in [-0.2, 0) is 6.42 Å². The van der Waals surface area contributed by atoms with E-state index in [-0.39, 0.29) is 6.61 Å². The smallest absolute Gasteiger partial charge is 0.129 e. The molecule has 0 saturated heterocycles. The van der Waals surface area contributed by atoms with Crippen LogP contribution in [0.1, 0.15) is 31.9 Å². The first kappa shape index (κ1) is 11.9. The minimum atomic E-state index is 0.285. The number of nitrogens with zero attached hydrogens (tertiary/aromatic N) is 2. The first-order chi connectivity index (χ1) is 7.36. The second kappa shape index (κ2) is 7.17. The summed E-state index contributed by atoms with van der Waals surface area (Å²) in [5.41, 5.74) is 1.06. The molecule has 0 spiro atoms. The molecular formula is C11H19N3O. The van der Waals surface area contributed by atoms with Gasteiger partial charge in [-0.15, -0.1) is 0 Å². The van der Waals surface area contributed by atoms with Gasteiger partial charge in [0, 0.05) is 24.9 Å². The number of aliphatic hydroxyl groups is 1. The van der Waals surface area contributed by atoms with E-state index in [1.54, 1.807) is 6.33 Å². The molecule has 0 saturated carbocycles. The standard InChI is InChI=1S/C11H19N3O/c1-2-10-8-11(14-9-13-10)12-6-4-3-5-7-15/h8-9,15H,2-7H2,1H3,(H,12,13,14). The largest absolute Gasteiger partial charge is 0.396 e. The second-order valence-electron chi connectivity index (χ2n) is 3.46. The van der Waals surface area contributed by atoms with Crippen molar-refractivity contribution in [1.29, 1.82) is 0 Å². The van der Waals surface area contributed by atoms with Crippen molar-refractivity contribution in [3.8, 4) is 0 Å². The van der Waals surface area contributed by atoms with Crippen LogP contribution in [0.5, 0.6) is 0 Å². The number of aryl methyl sites for hydroxylation is 1. The molecule has 0 amide bonds. The molecule has 4 nitrogen and oxygen atoms in total. The zero-order valence-corrected chi connectivity index (χ0v) is 9.24. The summed E-state index contributed by atoms with van der Waals surface area (Å²) in [6.45, 7) is 3.26. The Labute approximate surface area is 90.8 Å². The van der Waals surface area contributed by atoms with Crippen LogP contribution in [0.25, 0.3) is 0 Å². The topological polar surface area (TPSA) is 58.0 Å². The number of hydrogen-bond donors (Lipinski definition) is 2. The molecule has 0 aromatic carbocycles. The van der Waals surface area contributed by atoms with Crippen molar-refractivity contribution in [2.75, 3.05) is 18.5 Å². The Morgan fingerprint density at radius 3 is 2.87 bits per heavy atom. The Morgan fingerprint density at radius 2 is 2.13 bits per heavy atom. The van der Waals surface area contributed by atoms with Crippen molar-refractivity contribution in [3.63, 3.8) is 0 Å². The highest BCUT2D eigenvalue weighted by Gasteiger charge is 1.95. The van der Waals surface area contributed by atoms with Gasteiger partial charge < -0.3 is 10.4 Å². The van der Waals surface area contributed by atoms with Crippen LogP contribution in [-0.4, -0.2) is 28.2 Å². The third kappa shape index (κ3) is 4.74. The Kier molecular flexibility index (Phi) is 5.70. The van der Waals surface area contributed by atoms with Crippen LogP contribution in [0, 0.1) is 0 Å². The highest BCUT2D eigenvalue weighted by molar-refractivity contribution is 5.34. The molecule has 84 valence electrons. The van der Waals surface area contributed by atoms with Gasteiger partial charge in [0.05, 0.1) is 0 Å². The zero-order chi connectivity index (χ0) is 10.9. The van der Waals surface area contributed by atoms with Crippen LogP contribution in [0.4, 0.5) is 5.82 Å². The van der Waals surface area contributed by atoms with Crippen molar-refractivity contribution in [1.82, 2.24) is 9.97 Å². The minimum absolute atomic E-state index is 0.285. The van der Waals surface area contributed by atoms with Gasteiger partial charge in [0.1, 0.15) is 12.1 Å². The fraction of sp³-hybridized carbons (Fsp3) is 0.636. The molecule has 1 aromatic rings. The van der Waals surface area contributed by atoms with Crippen molar-refractivity contribution in [2.24, 2.45) is 0 Å². The molecule has 0 aliphatic rings. The molecule has 0 aliphatic heterocycles. The predicted octanol–water partition coefficient (Wildman–Crippen LogP) is 1.61. The number of aliphatic hydroxyl groups excluding tert-OH is 1. The highest BCUT2D eigenvalue weighted by Crippen LogP contribution is 2.05. The molecule has 4 heteroatoms. The van der Waals surface area contributed by atoms with Crippen LogP contribution in [0.2, 0.25) is 0 Å². The van der Waals surface area contributed by atoms with Crippen LogP contribution in [0.3, 0.4) is 0 Å². The van der Waals surface area contributed by atoms with E-state index < -0.39 is 0 Å². The van der Waals surface area contributed by atoms with E-state index in [1.807, 2.05) is 6.07 Å². The Balaban J connectivity index is 2.24. The lowest BCUT2D eigenvalue weighted by Gasteiger charge is -2.05. The third-order valence-electron chi connectivity index (χ3n) is 2.23. The quantitative estimate of drug-likeness (QED) is 0.670. The van der Waals surface area contributed by atoms with Crippen molar-refractivity contribution < 1.29 is 5.11 Å². The Hall–Kier alpha value is -1.16. The van der Waals surface area contributed by atoms with Crippen LogP contribution < -0.4 is 5.32 Å². The molecule has 0 radical (unpaired) electrons. The Morgan fingerprint density at radius 1 is 1.27 bits per heavy atom. The van der Waals surface area contributed by atoms with E-state index in [0.29, 0.717) is 0 Å². The van der Waals surface area contributed by atoms with Crippen LogP contribution in [0.15, 0.2) is 12.4 Å². The maximum atomic E-state index is 8.61. The maximum absolute atomic E-state index is 8.61. The van der Waals surface area contributed by atoms with E-state index in [4.69, 9.17) is 5.11 Å². The summed E-state index contributed by atoms with van der Waals surface area (Å²) < 4.78 is 0. The van der Waals surface area contributed by atoms with Gasteiger partial charge in [-0.3, -0.25) is 0 Å². The molecule has 1 heterocycles. The van der Waals surface area contributed by atoms with Gasteiger partial charge >= 0.3 is 0 Å². The monoisotopic (exact) mass is 209 g/mol. The van der Waals surface area contributed by atoms with Crippen molar-refractivity contribution >= 4 is 5.82 Å². The third-order valence-corrected chi connectivity index (χ3v) is 2.23. The van der Waals surface area contributed by atoms with Gasteiger partial charge in [0.15, 0.2) is 0 Å². The fourth-order valence-electron chi connectivity index (χ4n) is 1.32. The lowest BCUT2D eigenvalue weighted by atomic mass is 10.2. The number of hydrogen-bond acceptors (Lipinski definition) is 4. The van der Waals surface area contributed by atoms with E-state index in [9.17, 15) is 0 Å². The second-order valence-corrected chi connectivity index (χ2v) is 3.46. The van der Waals surface area contributed by atoms with Gasteiger partial charge in [-0.05, 0) is 25.7 Å². The van der Waals surface area contributed by atoms with Gasteiger partial charge in [-0.25, -0.2) is 9.97 Å². The van der Waals surface area contributed by atoms with Gasteiger partial charge in [0.25, 0.3) is 0 Å². The number of nitrogens with one attached hydrogen (secondary N) is 1. The summed E-state index contributed by atoms with van der Waals surface area (Å²) in [4.78, 5) is 8.26. The molecule has 1 rings (SSSR count). The molecule has 1 aromatic heterocycles. The van der Waals surface area contributed by atoms with E-state index >= 15 is 0 Å². The van der Waals surface area contributed by atoms with Gasteiger partial charge in [-0.1, -0.05) is 6.92 Å². The summed E-state index contributed by atoms with van der Waals surface area (Å²) >= 11 is 0. The lowest BCUT2D eigenvalue weighted by Crippen LogP contribution is -2.04. The summed E-state index contributed by atoms with van der Waals surface area (Å²) in [6, 6.07) is 1.98. The molecule has 0 bridgehead atoms. The number of aromatic nitrogens is 2. The number of unbranched alkanes of at least 4 members (excludes halogenated alkanes) is 2. The molecule has 15 heavy (non-hydrogen) atoms. The first-order valence-electron chi connectivity index (χ1n) is 5.52. The highest BCUT2D eigenvalue weighted by atomic mass is 16.2. The molecule has 0 fully saturated rings. The molecular weight excluding hydrogens is 190 g/mol. The molecule has 0 unspecified atom stereocenters. The van der Waals surface area contributed by atoms with Crippen molar-refractivity contribution in [2.45, 2.75) is 32.6 Å². The summed E-state index contributed by atoms with van der Waals surface area (Å²) in [6.07, 6.45) is 5.52.